The Bertz CT molecular complexity index is 1620. The number of aliphatic imine (C=N–C) groups is 1. The van der Waals surface area contributed by atoms with Crippen molar-refractivity contribution in [3.63, 3.8) is 0 Å². The molecule has 3 aromatic rings. The van der Waals surface area contributed by atoms with Crippen molar-refractivity contribution < 1.29 is 14.3 Å². The van der Waals surface area contributed by atoms with E-state index >= 15 is 0 Å². The number of halogens is 1. The third-order valence-corrected chi connectivity index (χ3v) is 8.95. The summed E-state index contributed by atoms with van der Waals surface area (Å²) in [5.74, 6) is 0.503. The first-order valence-electron chi connectivity index (χ1n) is 13.1. The third-order valence-electron chi connectivity index (χ3n) is 6.33. The molecule has 214 valence electrons. The second kappa shape index (κ2) is 13.2. The molecule has 42 heavy (non-hydrogen) atoms. The molecule has 0 atom stereocenters. The highest BCUT2D eigenvalue weighted by Gasteiger charge is 2.39. The maximum atomic E-state index is 14.0. The third kappa shape index (κ3) is 6.36. The Balaban J connectivity index is 1.51. The van der Waals surface area contributed by atoms with Gasteiger partial charge < -0.3 is 20.3 Å². The minimum atomic E-state index is -0.584. The lowest BCUT2D eigenvalue weighted by molar-refractivity contribution is -0.122. The van der Waals surface area contributed by atoms with Gasteiger partial charge in [0.1, 0.15) is 10.7 Å². The van der Waals surface area contributed by atoms with Crippen LogP contribution in [0.4, 0.5) is 21.9 Å². The number of amidine groups is 1. The van der Waals surface area contributed by atoms with Crippen LogP contribution >= 0.6 is 35.1 Å². The Kier molecular flexibility index (Phi) is 9.27. The number of amides is 2. The molecule has 2 aliphatic rings. The molecule has 0 unspecified atom stereocenters. The van der Waals surface area contributed by atoms with E-state index < -0.39 is 6.09 Å². The first-order chi connectivity index (χ1) is 20.4. The average Bonchev–Trinajstić information content (AvgIpc) is 3.48. The maximum absolute atomic E-state index is 14.0. The van der Waals surface area contributed by atoms with Crippen molar-refractivity contribution >= 4 is 69.4 Å². The number of carbonyl (C=O) groups is 2. The van der Waals surface area contributed by atoms with E-state index in [2.05, 4.69) is 16.7 Å². The molecule has 2 amide bonds. The molecule has 3 aromatic carbocycles. The first kappa shape index (κ1) is 29.4. The molecular weight excluding hydrogens is 592 g/mol. The SMILES string of the molecule is CCNc1ccc(C#N)cc1N=C1SC(=C2Sc3ccc(OC(=O)NCCCl)cc3N2C)C(=O)N1Cc1ccccc1. The highest BCUT2D eigenvalue weighted by molar-refractivity contribution is 8.19. The van der Waals surface area contributed by atoms with Crippen molar-refractivity contribution in [3.8, 4) is 11.8 Å². The zero-order valence-corrected chi connectivity index (χ0v) is 25.3. The number of fused-ring (bicyclic) bond motifs is 1. The fraction of sp³-hybridized carbons (Fsp3) is 0.200. The molecule has 2 N–H and O–H groups in total. The van der Waals surface area contributed by atoms with Crippen LogP contribution in [0, 0.1) is 11.3 Å². The van der Waals surface area contributed by atoms with Crippen LogP contribution in [0.25, 0.3) is 0 Å². The summed E-state index contributed by atoms with van der Waals surface area (Å²) in [5, 5.41) is 16.6. The van der Waals surface area contributed by atoms with Gasteiger partial charge in [0.25, 0.3) is 5.91 Å². The van der Waals surface area contributed by atoms with Gasteiger partial charge in [-0.1, -0.05) is 42.1 Å². The Morgan fingerprint density at radius 2 is 1.93 bits per heavy atom. The van der Waals surface area contributed by atoms with Crippen molar-refractivity contribution in [1.29, 1.82) is 5.26 Å². The smallest absolute Gasteiger partial charge is 0.410 e. The van der Waals surface area contributed by atoms with Crippen molar-refractivity contribution in [3.05, 3.63) is 87.8 Å². The van der Waals surface area contributed by atoms with Gasteiger partial charge in [0.05, 0.1) is 40.3 Å². The number of anilines is 2. The van der Waals surface area contributed by atoms with E-state index in [1.54, 1.807) is 29.2 Å². The van der Waals surface area contributed by atoms with E-state index in [-0.39, 0.29) is 11.8 Å². The van der Waals surface area contributed by atoms with Gasteiger partial charge in [-0.15, -0.1) is 11.6 Å². The van der Waals surface area contributed by atoms with Crippen LogP contribution in [-0.2, 0) is 11.3 Å². The minimum absolute atomic E-state index is 0.164. The molecule has 0 bridgehead atoms. The predicted octanol–water partition coefficient (Wildman–Crippen LogP) is 6.49. The molecule has 9 nitrogen and oxygen atoms in total. The van der Waals surface area contributed by atoms with Crippen LogP contribution in [0.3, 0.4) is 0 Å². The molecule has 0 aromatic heterocycles. The Labute approximate surface area is 257 Å². The highest BCUT2D eigenvalue weighted by Crippen LogP contribution is 2.51. The second-order valence-electron chi connectivity index (χ2n) is 9.18. The van der Waals surface area contributed by atoms with E-state index in [1.165, 1.54) is 23.5 Å². The van der Waals surface area contributed by atoms with Crippen molar-refractivity contribution in [2.75, 3.05) is 36.2 Å². The number of nitriles is 1. The number of nitrogens with zero attached hydrogens (tertiary/aromatic N) is 4. The van der Waals surface area contributed by atoms with Gasteiger partial charge in [-0.25, -0.2) is 9.79 Å². The van der Waals surface area contributed by atoms with E-state index in [4.69, 9.17) is 21.3 Å². The van der Waals surface area contributed by atoms with Gasteiger partial charge in [-0.3, -0.25) is 9.69 Å². The van der Waals surface area contributed by atoms with Crippen LogP contribution in [0.15, 0.2) is 86.6 Å². The number of thioether (sulfide) groups is 2. The predicted molar refractivity (Wildman–Crippen MR) is 169 cm³/mol. The first-order valence-corrected chi connectivity index (χ1v) is 15.3. The number of alkyl halides is 1. The lowest BCUT2D eigenvalue weighted by atomic mass is 10.2. The number of ether oxygens (including phenoxy) is 1. The van der Waals surface area contributed by atoms with Crippen LogP contribution < -0.4 is 20.3 Å². The molecule has 0 aliphatic carbocycles. The molecule has 1 fully saturated rings. The number of rotatable bonds is 8. The summed E-state index contributed by atoms with van der Waals surface area (Å²) in [5.41, 5.74) is 3.62. The molecule has 0 saturated carbocycles. The topological polar surface area (TPSA) is 110 Å². The Hall–Kier alpha value is -4.11. The standard InChI is InChI=1S/C30H27ClN6O3S2/c1-3-33-22-11-9-20(17-32)15-23(22)35-29-37(18-19-7-5-4-6-8-19)27(38)26(42-29)28-36(2)24-16-21(10-12-25(24)41-28)40-30(39)34-14-13-31/h4-12,15-16,33H,3,13-14,18H2,1-2H3,(H,34,39). The summed E-state index contributed by atoms with van der Waals surface area (Å²) in [4.78, 5) is 36.0. The summed E-state index contributed by atoms with van der Waals surface area (Å²) in [6.45, 7) is 3.31. The van der Waals surface area contributed by atoms with Crippen LogP contribution in [0.2, 0.25) is 0 Å². The van der Waals surface area contributed by atoms with Gasteiger partial charge >= 0.3 is 6.09 Å². The van der Waals surface area contributed by atoms with E-state index in [0.29, 0.717) is 46.7 Å². The monoisotopic (exact) mass is 618 g/mol. The second-order valence-corrected chi connectivity index (χ2v) is 11.6. The van der Waals surface area contributed by atoms with Gasteiger partial charge in [0.15, 0.2) is 5.17 Å². The molecule has 1 saturated heterocycles. The largest absolute Gasteiger partial charge is 0.412 e. The van der Waals surface area contributed by atoms with Gasteiger partial charge in [-0.05, 0) is 54.6 Å². The fourth-order valence-corrected chi connectivity index (χ4v) is 6.75. The normalized spacial score (nSPS) is 16.9. The fourth-order valence-electron chi connectivity index (χ4n) is 4.34. The molecule has 2 aliphatic heterocycles. The minimum Gasteiger partial charge on any atom is -0.410 e. The molecule has 0 radical (unpaired) electrons. The summed E-state index contributed by atoms with van der Waals surface area (Å²) in [6.07, 6.45) is -0.584. The summed E-state index contributed by atoms with van der Waals surface area (Å²) < 4.78 is 5.40. The molecular formula is C30H27ClN6O3S2. The van der Waals surface area contributed by atoms with Crippen LogP contribution in [0.1, 0.15) is 18.1 Å². The summed E-state index contributed by atoms with van der Waals surface area (Å²) in [7, 11) is 1.88. The van der Waals surface area contributed by atoms with E-state index in [9.17, 15) is 14.9 Å². The molecule has 2 heterocycles. The van der Waals surface area contributed by atoms with Crippen molar-refractivity contribution in [1.82, 2.24) is 10.2 Å². The maximum Gasteiger partial charge on any atom is 0.412 e. The number of hydrogen-bond acceptors (Lipinski definition) is 9. The summed E-state index contributed by atoms with van der Waals surface area (Å²) >= 11 is 8.41. The number of nitrogens with one attached hydrogen (secondary N) is 2. The summed E-state index contributed by atoms with van der Waals surface area (Å²) in [6, 6.07) is 22.6. The van der Waals surface area contributed by atoms with E-state index in [1.807, 2.05) is 61.3 Å². The molecule has 5 rings (SSSR count). The lowest BCUT2D eigenvalue weighted by Crippen LogP contribution is -2.29. The lowest BCUT2D eigenvalue weighted by Gasteiger charge is -2.17. The zero-order valence-electron chi connectivity index (χ0n) is 22.9. The van der Waals surface area contributed by atoms with Gasteiger partial charge in [0.2, 0.25) is 0 Å². The van der Waals surface area contributed by atoms with Crippen LogP contribution in [-0.4, -0.2) is 48.1 Å². The average molecular weight is 619 g/mol. The van der Waals surface area contributed by atoms with Crippen LogP contribution in [0.5, 0.6) is 5.75 Å². The highest BCUT2D eigenvalue weighted by atomic mass is 35.5. The number of carbonyl (C=O) groups excluding carboxylic acids is 2. The zero-order chi connectivity index (χ0) is 29.6. The van der Waals surface area contributed by atoms with E-state index in [0.717, 1.165) is 26.9 Å². The quantitative estimate of drug-likeness (QED) is 0.218. The Morgan fingerprint density at radius 3 is 2.67 bits per heavy atom. The van der Waals surface area contributed by atoms with Gasteiger partial charge in [0, 0.05) is 37.0 Å². The number of hydrogen-bond donors (Lipinski definition) is 2. The van der Waals surface area contributed by atoms with Crippen molar-refractivity contribution in [2.24, 2.45) is 4.99 Å². The Morgan fingerprint density at radius 1 is 1.12 bits per heavy atom. The van der Waals surface area contributed by atoms with Gasteiger partial charge in [-0.2, -0.15) is 5.26 Å². The van der Waals surface area contributed by atoms with Crippen molar-refractivity contribution in [2.45, 2.75) is 18.4 Å². The number of benzene rings is 3. The molecule has 0 spiro atoms. The molecule has 12 heteroatoms.